The largest absolute Gasteiger partial charge is 0.352 e. The maximum atomic E-state index is 10.1. The summed E-state index contributed by atoms with van der Waals surface area (Å²) in [4.78, 5) is 3.84. The lowest BCUT2D eigenvalue weighted by Gasteiger charge is -2.41. The van der Waals surface area contributed by atoms with Crippen LogP contribution in [0.4, 0.5) is 0 Å². The number of piperazine rings is 2. The summed E-state index contributed by atoms with van der Waals surface area (Å²) in [7, 11) is 0. The highest BCUT2D eigenvalue weighted by Crippen LogP contribution is 2.11. The van der Waals surface area contributed by atoms with Crippen molar-refractivity contribution in [2.45, 2.75) is 5.91 Å². The predicted octanol–water partition coefficient (Wildman–Crippen LogP) is -2.56. The van der Waals surface area contributed by atoms with E-state index in [4.69, 9.17) is 0 Å². The van der Waals surface area contributed by atoms with Crippen LogP contribution in [0.25, 0.3) is 0 Å². The Hall–Kier alpha value is -0.240. The zero-order chi connectivity index (χ0) is 11.4. The molecule has 2 fully saturated rings. The minimum absolute atomic E-state index is 0.314. The average molecular weight is 230 g/mol. The Morgan fingerprint density at radius 1 is 0.875 bits per heavy atom. The van der Waals surface area contributed by atoms with Crippen LogP contribution in [-0.2, 0) is 0 Å². The van der Waals surface area contributed by atoms with Crippen molar-refractivity contribution >= 4 is 0 Å². The van der Waals surface area contributed by atoms with E-state index in [0.717, 1.165) is 39.3 Å². The first kappa shape index (κ1) is 12.2. The minimum Gasteiger partial charge on any atom is -0.352 e. The summed E-state index contributed by atoms with van der Waals surface area (Å²) in [6.07, 6.45) is 0. The Labute approximate surface area is 96.2 Å². The van der Waals surface area contributed by atoms with E-state index >= 15 is 0 Å². The van der Waals surface area contributed by atoms with Gasteiger partial charge in [-0.15, -0.1) is 0 Å². The summed E-state index contributed by atoms with van der Waals surface area (Å²) >= 11 is 0. The molecule has 0 spiro atoms. The third kappa shape index (κ3) is 3.13. The maximum absolute atomic E-state index is 10.1. The Bertz CT molecular complexity index is 213. The summed E-state index contributed by atoms with van der Waals surface area (Å²) in [6, 6.07) is 0. The molecule has 2 heterocycles. The summed E-state index contributed by atoms with van der Waals surface area (Å²) < 4.78 is 0. The molecule has 2 aliphatic rings. The molecule has 4 N–H and O–H groups in total. The van der Waals surface area contributed by atoms with Crippen LogP contribution in [0.1, 0.15) is 0 Å². The van der Waals surface area contributed by atoms with Gasteiger partial charge in [0.1, 0.15) is 0 Å². The van der Waals surface area contributed by atoms with Crippen LogP contribution >= 0.6 is 0 Å². The molecule has 0 aliphatic carbocycles. The van der Waals surface area contributed by atoms with E-state index in [-0.39, 0.29) is 0 Å². The molecule has 0 amide bonds. The van der Waals surface area contributed by atoms with Gasteiger partial charge in [0.15, 0.2) is 0 Å². The van der Waals surface area contributed by atoms with Gasteiger partial charge in [0.05, 0.1) is 6.54 Å². The topological polar surface area (TPSA) is 71.0 Å². The fourth-order valence-corrected chi connectivity index (χ4v) is 2.29. The van der Waals surface area contributed by atoms with Crippen LogP contribution in [0.5, 0.6) is 0 Å². The normalized spacial score (nSPS) is 25.9. The first-order valence-electron chi connectivity index (χ1n) is 6.02. The van der Waals surface area contributed by atoms with E-state index in [9.17, 15) is 10.2 Å². The lowest BCUT2D eigenvalue weighted by molar-refractivity contribution is -0.274. The molecule has 2 aliphatic heterocycles. The van der Waals surface area contributed by atoms with Gasteiger partial charge in [0.25, 0.3) is 0 Å². The van der Waals surface area contributed by atoms with Crippen molar-refractivity contribution in [1.82, 2.24) is 20.4 Å². The lowest BCUT2D eigenvalue weighted by Crippen LogP contribution is -2.62. The highest BCUT2D eigenvalue weighted by molar-refractivity contribution is 4.79. The van der Waals surface area contributed by atoms with Crippen LogP contribution in [0.2, 0.25) is 0 Å². The molecule has 0 saturated carbocycles. The molecular weight excluding hydrogens is 208 g/mol. The summed E-state index contributed by atoms with van der Waals surface area (Å²) in [5.41, 5.74) is 0. The second-order valence-electron chi connectivity index (χ2n) is 4.54. The highest BCUT2D eigenvalue weighted by atomic mass is 16.5. The monoisotopic (exact) mass is 230 g/mol. The van der Waals surface area contributed by atoms with Crippen molar-refractivity contribution in [1.29, 1.82) is 0 Å². The van der Waals surface area contributed by atoms with Gasteiger partial charge in [-0.05, 0) is 0 Å². The minimum atomic E-state index is -1.68. The third-order valence-corrected chi connectivity index (χ3v) is 3.27. The first-order valence-corrected chi connectivity index (χ1v) is 6.02. The highest BCUT2D eigenvalue weighted by Gasteiger charge is 2.34. The van der Waals surface area contributed by atoms with Crippen molar-refractivity contribution in [3.63, 3.8) is 0 Å². The molecule has 0 bridgehead atoms. The lowest BCUT2D eigenvalue weighted by atomic mass is 10.2. The Balaban J connectivity index is 1.84. The van der Waals surface area contributed by atoms with E-state index in [0.29, 0.717) is 19.6 Å². The quantitative estimate of drug-likeness (QED) is 0.400. The van der Waals surface area contributed by atoms with Crippen molar-refractivity contribution < 1.29 is 10.2 Å². The Morgan fingerprint density at radius 2 is 1.38 bits per heavy atom. The Kier molecular flexibility index (Phi) is 4.12. The second-order valence-corrected chi connectivity index (χ2v) is 4.54. The van der Waals surface area contributed by atoms with E-state index in [2.05, 4.69) is 15.5 Å². The van der Waals surface area contributed by atoms with Crippen LogP contribution in [0.15, 0.2) is 0 Å². The number of nitrogens with one attached hydrogen (secondary N) is 2. The van der Waals surface area contributed by atoms with Crippen molar-refractivity contribution in [3.05, 3.63) is 0 Å². The molecule has 2 rings (SSSR count). The smallest absolute Gasteiger partial charge is 0.238 e. The number of aliphatic hydroxyl groups is 2. The SMILES string of the molecule is OC(O)(CN1CCNCC1)N1CCNCC1. The van der Waals surface area contributed by atoms with Crippen LogP contribution in [0.3, 0.4) is 0 Å². The molecule has 6 nitrogen and oxygen atoms in total. The van der Waals surface area contributed by atoms with Crippen LogP contribution < -0.4 is 10.6 Å². The van der Waals surface area contributed by atoms with E-state index in [1.807, 2.05) is 0 Å². The summed E-state index contributed by atoms with van der Waals surface area (Å²) in [6.45, 7) is 6.97. The van der Waals surface area contributed by atoms with Gasteiger partial charge in [0, 0.05) is 52.4 Å². The number of β-amino-alcohol motifs (C(OH)–C–C–N with tert-alkyl or cyclic N) is 2. The Morgan fingerprint density at radius 3 is 1.94 bits per heavy atom. The number of hydrogen-bond acceptors (Lipinski definition) is 6. The molecule has 0 aromatic carbocycles. The molecule has 0 unspecified atom stereocenters. The van der Waals surface area contributed by atoms with Crippen molar-refractivity contribution in [2.75, 3.05) is 58.9 Å². The number of rotatable bonds is 3. The average Bonchev–Trinajstić information content (AvgIpc) is 2.31. The standard InChI is InChI=1S/C10H22N4O2/c15-10(16,14-7-3-12-4-8-14)9-13-5-1-11-2-6-13/h11-12,15-16H,1-9H2. The van der Waals surface area contributed by atoms with E-state index in [1.54, 1.807) is 4.90 Å². The van der Waals surface area contributed by atoms with Gasteiger partial charge in [-0.1, -0.05) is 0 Å². The summed E-state index contributed by atoms with van der Waals surface area (Å²) in [5.74, 6) is -1.68. The number of hydrogen-bond donors (Lipinski definition) is 4. The van der Waals surface area contributed by atoms with Crippen LogP contribution in [-0.4, -0.2) is 84.8 Å². The summed E-state index contributed by atoms with van der Waals surface area (Å²) in [5, 5.41) is 26.6. The predicted molar refractivity (Wildman–Crippen MR) is 60.9 cm³/mol. The third-order valence-electron chi connectivity index (χ3n) is 3.27. The fraction of sp³-hybridized carbons (Fsp3) is 1.00. The molecule has 16 heavy (non-hydrogen) atoms. The van der Waals surface area contributed by atoms with Crippen LogP contribution in [0, 0.1) is 0 Å². The molecule has 0 radical (unpaired) electrons. The van der Waals surface area contributed by atoms with Gasteiger partial charge in [-0.25, -0.2) is 4.90 Å². The van der Waals surface area contributed by atoms with Crippen molar-refractivity contribution in [2.24, 2.45) is 0 Å². The molecule has 2 saturated heterocycles. The number of nitrogens with zero attached hydrogens (tertiary/aromatic N) is 2. The van der Waals surface area contributed by atoms with Gasteiger partial charge in [0.2, 0.25) is 5.91 Å². The molecular formula is C10H22N4O2. The molecule has 94 valence electrons. The molecule has 0 atom stereocenters. The van der Waals surface area contributed by atoms with Gasteiger partial charge >= 0.3 is 0 Å². The van der Waals surface area contributed by atoms with Gasteiger partial charge < -0.3 is 20.8 Å². The zero-order valence-electron chi connectivity index (χ0n) is 9.65. The second kappa shape index (κ2) is 5.39. The first-order chi connectivity index (χ1) is 7.68. The van der Waals surface area contributed by atoms with Gasteiger partial charge in [-0.2, -0.15) is 0 Å². The zero-order valence-corrected chi connectivity index (χ0v) is 9.65. The van der Waals surface area contributed by atoms with E-state index < -0.39 is 5.91 Å². The molecule has 0 aromatic rings. The fourth-order valence-electron chi connectivity index (χ4n) is 2.29. The molecule has 6 heteroatoms. The van der Waals surface area contributed by atoms with Crippen molar-refractivity contribution in [3.8, 4) is 0 Å². The van der Waals surface area contributed by atoms with Gasteiger partial charge in [-0.3, -0.25) is 4.90 Å². The van der Waals surface area contributed by atoms with E-state index in [1.165, 1.54) is 0 Å². The maximum Gasteiger partial charge on any atom is 0.238 e. The molecule has 0 aromatic heterocycles.